The maximum atomic E-state index is 10.7. The quantitative estimate of drug-likeness (QED) is 0.369. The molecule has 0 amide bonds. The van der Waals surface area contributed by atoms with E-state index in [-0.39, 0.29) is 23.9 Å². The molecule has 0 saturated heterocycles. The summed E-state index contributed by atoms with van der Waals surface area (Å²) >= 11 is -2.23. The van der Waals surface area contributed by atoms with Crippen molar-refractivity contribution in [2.45, 2.75) is 5.03 Å². The smallest absolute Gasteiger partial charge is 0.767 e. The van der Waals surface area contributed by atoms with Crippen LogP contribution in [0, 0.1) is 0 Å². The average molecular weight is 188 g/mol. The summed E-state index contributed by atoms with van der Waals surface area (Å²) < 4.78 is 22.7. The van der Waals surface area contributed by atoms with Gasteiger partial charge in [-0.2, -0.15) is 5.10 Å². The van der Waals surface area contributed by atoms with E-state index >= 15 is 0 Å². The summed E-state index contributed by atoms with van der Waals surface area (Å²) in [6, 6.07) is 6.73. The van der Waals surface area contributed by atoms with Gasteiger partial charge in [0.25, 0.3) is 0 Å². The van der Waals surface area contributed by atoms with Crippen molar-refractivity contribution >= 4 is 16.6 Å². The molecule has 0 aliphatic rings. The summed E-state index contributed by atoms with van der Waals surface area (Å²) in [6.45, 7) is 0. The van der Waals surface area contributed by atoms with Crippen LogP contribution in [0.5, 0.6) is 0 Å². The van der Waals surface area contributed by atoms with Crippen LogP contribution in [-0.4, -0.2) is 18.4 Å². The third kappa shape index (κ3) is 1.84. The molecule has 6 heteroatoms. The molecule has 1 unspecified atom stereocenters. The summed E-state index contributed by atoms with van der Waals surface area (Å²) in [5.41, 5.74) is 0.775. The Kier molecular flexibility index (Phi) is 3.28. The molecule has 0 bridgehead atoms. The van der Waals surface area contributed by atoms with Crippen LogP contribution in [0.1, 0.15) is 0 Å². The van der Waals surface area contributed by atoms with Gasteiger partial charge in [0.05, 0.1) is 11.7 Å². The summed E-state index contributed by atoms with van der Waals surface area (Å²) in [7, 11) is 0. The molecule has 0 aliphatic heterocycles. The molecule has 0 N–H and O–H groups in total. The second-order valence-electron chi connectivity index (χ2n) is 2.27. The van der Waals surface area contributed by atoms with Gasteiger partial charge in [0, 0.05) is 0 Å². The zero-order valence-electron chi connectivity index (χ0n) is 7.01. The molecule has 2 aromatic heterocycles. The molecule has 0 radical (unpaired) electrons. The maximum Gasteiger partial charge on any atom is 1.00 e. The van der Waals surface area contributed by atoms with Gasteiger partial charge in [-0.25, -0.2) is 4.52 Å². The van der Waals surface area contributed by atoms with Crippen LogP contribution in [-0.2, 0) is 11.1 Å². The Hall–Kier alpha value is -0.603. The van der Waals surface area contributed by atoms with Crippen LogP contribution in [0.15, 0.2) is 35.5 Å². The first kappa shape index (κ1) is 10.5. The first-order valence-corrected chi connectivity index (χ1v) is 4.38. The van der Waals surface area contributed by atoms with Crippen molar-refractivity contribution < 1.29 is 27.6 Å². The van der Waals surface area contributed by atoms with Crippen molar-refractivity contribution in [2.75, 3.05) is 0 Å². The molecule has 13 heavy (non-hydrogen) atoms. The average Bonchev–Trinajstić information content (AvgIpc) is 2.49. The van der Waals surface area contributed by atoms with E-state index in [4.69, 9.17) is 0 Å². The Morgan fingerprint density at radius 3 is 2.85 bits per heavy atom. The van der Waals surface area contributed by atoms with Crippen molar-refractivity contribution in [1.82, 2.24) is 9.61 Å². The van der Waals surface area contributed by atoms with E-state index in [9.17, 15) is 8.76 Å². The Balaban J connectivity index is 0.000000845. The minimum atomic E-state index is -2.23. The largest absolute Gasteiger partial charge is 1.00 e. The molecule has 2 aromatic rings. The molecule has 4 nitrogen and oxygen atoms in total. The number of rotatable bonds is 1. The van der Waals surface area contributed by atoms with Crippen LogP contribution in [0.2, 0.25) is 0 Å². The van der Waals surface area contributed by atoms with E-state index in [1.165, 1.54) is 10.6 Å². The van der Waals surface area contributed by atoms with Crippen molar-refractivity contribution in [2.24, 2.45) is 0 Å². The number of fused-ring (bicyclic) bond motifs is 1. The molecule has 0 aromatic carbocycles. The Morgan fingerprint density at radius 2 is 2.15 bits per heavy atom. The van der Waals surface area contributed by atoms with Crippen molar-refractivity contribution in [3.05, 3.63) is 30.5 Å². The van der Waals surface area contributed by atoms with Gasteiger partial charge in [0.2, 0.25) is 0 Å². The van der Waals surface area contributed by atoms with Gasteiger partial charge >= 0.3 is 18.9 Å². The molecule has 2 heterocycles. The zero-order chi connectivity index (χ0) is 8.55. The summed E-state index contributed by atoms with van der Waals surface area (Å²) in [6.07, 6.45) is 1.56. The molecular formula is C7H5LiN2O2S. The van der Waals surface area contributed by atoms with Gasteiger partial charge in [0.15, 0.2) is 0 Å². The van der Waals surface area contributed by atoms with Crippen LogP contribution < -0.4 is 18.9 Å². The van der Waals surface area contributed by atoms with E-state index in [1.54, 1.807) is 24.4 Å². The standard InChI is InChI=1S/C7H6N2O2S.Li/c10-12(11)7-3-1-2-6-4-5-8-9(6)7;/h1-5H,(H,10,11);/q;+1/p-1. The Labute approximate surface area is 89.4 Å². The van der Waals surface area contributed by atoms with E-state index in [1.807, 2.05) is 0 Å². The van der Waals surface area contributed by atoms with Gasteiger partial charge in [-0.3, -0.25) is 4.21 Å². The van der Waals surface area contributed by atoms with Gasteiger partial charge in [-0.05, 0) is 29.3 Å². The van der Waals surface area contributed by atoms with Crippen LogP contribution in [0.3, 0.4) is 0 Å². The van der Waals surface area contributed by atoms with Gasteiger partial charge < -0.3 is 4.55 Å². The molecule has 62 valence electrons. The fourth-order valence-corrected chi connectivity index (χ4v) is 1.53. The minimum absolute atomic E-state index is 0. The van der Waals surface area contributed by atoms with E-state index in [0.717, 1.165) is 5.52 Å². The number of hydrogen-bond acceptors (Lipinski definition) is 3. The predicted octanol–water partition coefficient (Wildman–Crippen LogP) is -2.42. The number of nitrogens with zero attached hydrogens (tertiary/aromatic N) is 2. The monoisotopic (exact) mass is 188 g/mol. The zero-order valence-corrected chi connectivity index (χ0v) is 7.82. The molecule has 1 atom stereocenters. The fraction of sp³-hybridized carbons (Fsp3) is 0. The SMILES string of the molecule is O=S([O-])c1cccc2ccnn12.[Li+]. The van der Waals surface area contributed by atoms with Crippen LogP contribution in [0.4, 0.5) is 0 Å². The summed E-state index contributed by atoms with van der Waals surface area (Å²) in [5.74, 6) is 0. The maximum absolute atomic E-state index is 10.7. The first-order chi connectivity index (χ1) is 5.79. The molecule has 0 spiro atoms. The molecule has 0 fully saturated rings. The van der Waals surface area contributed by atoms with Crippen LogP contribution in [0.25, 0.3) is 5.52 Å². The minimum Gasteiger partial charge on any atom is -0.767 e. The second-order valence-corrected chi connectivity index (χ2v) is 3.15. The third-order valence-corrected chi connectivity index (χ3v) is 2.21. The van der Waals surface area contributed by atoms with Crippen molar-refractivity contribution in [3.8, 4) is 0 Å². The topological polar surface area (TPSA) is 57.4 Å². The van der Waals surface area contributed by atoms with Crippen LogP contribution >= 0.6 is 0 Å². The first-order valence-electron chi connectivity index (χ1n) is 3.31. The number of pyridine rings is 1. The molecular weight excluding hydrogens is 183 g/mol. The number of aromatic nitrogens is 2. The van der Waals surface area contributed by atoms with Gasteiger partial charge in [-0.15, -0.1) is 0 Å². The molecule has 0 aliphatic carbocycles. The molecule has 0 saturated carbocycles. The summed E-state index contributed by atoms with van der Waals surface area (Å²) in [5, 5.41) is 4.04. The predicted molar refractivity (Wildman–Crippen MR) is 42.4 cm³/mol. The number of hydrogen-bond donors (Lipinski definition) is 0. The van der Waals surface area contributed by atoms with Crippen molar-refractivity contribution in [1.29, 1.82) is 0 Å². The van der Waals surface area contributed by atoms with E-state index < -0.39 is 11.1 Å². The normalized spacial score (nSPS) is 12.4. The van der Waals surface area contributed by atoms with E-state index in [2.05, 4.69) is 5.10 Å². The second kappa shape index (κ2) is 4.07. The Bertz CT molecular complexity index is 443. The van der Waals surface area contributed by atoms with Gasteiger partial charge in [-0.1, -0.05) is 6.07 Å². The van der Waals surface area contributed by atoms with Crippen molar-refractivity contribution in [3.63, 3.8) is 0 Å². The summed E-state index contributed by atoms with van der Waals surface area (Å²) in [4.78, 5) is 0. The van der Waals surface area contributed by atoms with E-state index in [0.29, 0.717) is 0 Å². The fourth-order valence-electron chi connectivity index (χ4n) is 1.05. The molecule has 2 rings (SSSR count). The van der Waals surface area contributed by atoms with Gasteiger partial charge in [0.1, 0.15) is 5.03 Å². The Morgan fingerprint density at radius 1 is 1.38 bits per heavy atom. The third-order valence-electron chi connectivity index (χ3n) is 1.56.